The molecule has 36 heavy (non-hydrogen) atoms. The van der Waals surface area contributed by atoms with Gasteiger partial charge < -0.3 is 4.90 Å². The molecular formula is C35H33N. The average Bonchev–Trinajstić information content (AvgIpc) is 3.17. The maximum absolute atomic E-state index is 2.68. The van der Waals surface area contributed by atoms with Crippen molar-refractivity contribution in [1.82, 2.24) is 0 Å². The minimum atomic E-state index is 0.0361. The first-order chi connectivity index (χ1) is 17.5. The monoisotopic (exact) mass is 467 g/mol. The zero-order chi connectivity index (χ0) is 24.5. The third kappa shape index (κ3) is 2.89. The highest BCUT2D eigenvalue weighted by atomic mass is 15.3. The Bertz CT molecular complexity index is 1560. The van der Waals surface area contributed by atoms with Crippen molar-refractivity contribution in [2.45, 2.75) is 51.5 Å². The molecule has 2 atom stereocenters. The lowest BCUT2D eigenvalue weighted by atomic mass is 9.58. The number of rotatable bonds is 2. The van der Waals surface area contributed by atoms with Crippen LogP contribution in [0.15, 0.2) is 103 Å². The van der Waals surface area contributed by atoms with Crippen LogP contribution in [0.25, 0.3) is 32.7 Å². The van der Waals surface area contributed by atoms with E-state index in [1.165, 1.54) is 68.9 Å². The van der Waals surface area contributed by atoms with E-state index in [-0.39, 0.29) is 11.0 Å². The molecule has 0 radical (unpaired) electrons. The van der Waals surface area contributed by atoms with E-state index >= 15 is 0 Å². The summed E-state index contributed by atoms with van der Waals surface area (Å²) in [5.41, 5.74) is 7.15. The van der Waals surface area contributed by atoms with Crippen LogP contribution in [0.5, 0.6) is 0 Å². The molecule has 0 aromatic heterocycles. The number of hydrogen-bond acceptors (Lipinski definition) is 1. The first-order valence-electron chi connectivity index (χ1n) is 13.4. The van der Waals surface area contributed by atoms with Gasteiger partial charge in [-0.1, -0.05) is 93.1 Å². The van der Waals surface area contributed by atoms with Crippen LogP contribution in [0, 0.1) is 5.41 Å². The molecule has 0 saturated heterocycles. The first kappa shape index (κ1) is 21.7. The summed E-state index contributed by atoms with van der Waals surface area (Å²) in [5.74, 6) is 0.512. The molecule has 5 aromatic rings. The number of para-hydroxylation sites is 1. The maximum Gasteiger partial charge on any atom is 0.0543 e. The van der Waals surface area contributed by atoms with E-state index in [4.69, 9.17) is 0 Å². The van der Waals surface area contributed by atoms with E-state index in [0.29, 0.717) is 5.92 Å². The molecule has 0 spiro atoms. The van der Waals surface area contributed by atoms with E-state index < -0.39 is 0 Å². The average molecular weight is 468 g/mol. The van der Waals surface area contributed by atoms with E-state index in [0.717, 1.165) is 0 Å². The van der Waals surface area contributed by atoms with Crippen molar-refractivity contribution in [3.05, 3.63) is 109 Å². The molecule has 2 aliphatic rings. The van der Waals surface area contributed by atoms with E-state index in [2.05, 4.69) is 129 Å². The lowest BCUT2D eigenvalue weighted by Gasteiger charge is -2.55. The summed E-state index contributed by atoms with van der Waals surface area (Å²) in [4.78, 5) is 2.68. The van der Waals surface area contributed by atoms with Crippen LogP contribution in [0.3, 0.4) is 0 Å². The molecule has 2 unspecified atom stereocenters. The van der Waals surface area contributed by atoms with Gasteiger partial charge in [-0.05, 0) is 93.7 Å². The van der Waals surface area contributed by atoms with Gasteiger partial charge in [0, 0.05) is 17.3 Å². The fourth-order valence-corrected chi connectivity index (χ4v) is 7.42. The summed E-state index contributed by atoms with van der Waals surface area (Å²) in [6.07, 6.45) is 3.80. The van der Waals surface area contributed by atoms with Gasteiger partial charge in [0.2, 0.25) is 0 Å². The van der Waals surface area contributed by atoms with Gasteiger partial charge >= 0.3 is 0 Å². The fraction of sp³-hybridized carbons (Fsp3) is 0.257. The fourth-order valence-electron chi connectivity index (χ4n) is 7.42. The van der Waals surface area contributed by atoms with Crippen LogP contribution in [0.4, 0.5) is 11.4 Å². The third-order valence-corrected chi connectivity index (χ3v) is 9.53. The van der Waals surface area contributed by atoms with Gasteiger partial charge in [-0.3, -0.25) is 0 Å². The molecule has 1 aliphatic carbocycles. The van der Waals surface area contributed by atoms with E-state index in [1.807, 2.05) is 0 Å². The Hall–Kier alpha value is -3.58. The summed E-state index contributed by atoms with van der Waals surface area (Å²) >= 11 is 0. The van der Waals surface area contributed by atoms with E-state index in [9.17, 15) is 0 Å². The molecule has 7 rings (SSSR count). The van der Waals surface area contributed by atoms with Crippen LogP contribution in [-0.2, 0) is 0 Å². The van der Waals surface area contributed by atoms with Crippen LogP contribution in [-0.4, -0.2) is 5.54 Å². The number of hydrogen-bond donors (Lipinski definition) is 0. The van der Waals surface area contributed by atoms with E-state index in [1.54, 1.807) is 0 Å². The predicted molar refractivity (Wildman–Crippen MR) is 154 cm³/mol. The van der Waals surface area contributed by atoms with Crippen LogP contribution in [0.1, 0.15) is 51.5 Å². The highest BCUT2D eigenvalue weighted by Crippen LogP contribution is 2.63. The molecule has 1 heterocycles. The largest absolute Gasteiger partial charge is 0.334 e. The number of benzene rings is 5. The van der Waals surface area contributed by atoms with Gasteiger partial charge in [-0.25, -0.2) is 0 Å². The van der Waals surface area contributed by atoms with Gasteiger partial charge in [0.25, 0.3) is 0 Å². The van der Waals surface area contributed by atoms with Crippen LogP contribution >= 0.6 is 0 Å². The number of anilines is 2. The van der Waals surface area contributed by atoms with Crippen molar-refractivity contribution in [3.8, 4) is 11.1 Å². The molecule has 1 fully saturated rings. The van der Waals surface area contributed by atoms with Crippen LogP contribution in [0.2, 0.25) is 0 Å². The quantitative estimate of drug-likeness (QED) is 0.233. The second-order valence-corrected chi connectivity index (χ2v) is 11.6. The minimum Gasteiger partial charge on any atom is -0.334 e. The van der Waals surface area contributed by atoms with Gasteiger partial charge in [-0.15, -0.1) is 0 Å². The summed E-state index contributed by atoms with van der Waals surface area (Å²) in [5, 5.41) is 5.28. The highest BCUT2D eigenvalue weighted by Gasteiger charge is 2.58. The summed E-state index contributed by atoms with van der Waals surface area (Å²) in [6, 6.07) is 38.4. The molecule has 0 bridgehead atoms. The smallest absolute Gasteiger partial charge is 0.0543 e. The lowest BCUT2D eigenvalue weighted by molar-refractivity contribution is 0.101. The van der Waals surface area contributed by atoms with Crippen LogP contribution < -0.4 is 4.90 Å². The second kappa shape index (κ2) is 7.71. The summed E-state index contributed by atoms with van der Waals surface area (Å²) in [7, 11) is 0. The zero-order valence-electron chi connectivity index (χ0n) is 21.5. The van der Waals surface area contributed by atoms with Crippen molar-refractivity contribution in [1.29, 1.82) is 0 Å². The van der Waals surface area contributed by atoms with Gasteiger partial charge in [0.15, 0.2) is 0 Å². The predicted octanol–water partition coefficient (Wildman–Crippen LogP) is 9.86. The van der Waals surface area contributed by atoms with Crippen molar-refractivity contribution in [2.24, 2.45) is 5.41 Å². The normalized spacial score (nSPS) is 22.5. The van der Waals surface area contributed by atoms with Gasteiger partial charge in [0.1, 0.15) is 0 Å². The standard InChI is InChI=1S/C35H33N/c1-34(2)21-11-18-31-30-23-26(19-20-32(30)36(35(31,34)3)27-14-5-4-6-15-27)33-28-16-9-7-12-24(28)22-25-13-8-10-17-29(25)33/h4-10,12-17,19-20,22-23,31H,11,18,21H2,1-3H3. The van der Waals surface area contributed by atoms with Crippen molar-refractivity contribution >= 4 is 32.9 Å². The third-order valence-electron chi connectivity index (χ3n) is 9.53. The molecule has 5 aromatic carbocycles. The van der Waals surface area contributed by atoms with Gasteiger partial charge in [0.05, 0.1) is 5.54 Å². The molecule has 1 heteroatoms. The number of fused-ring (bicyclic) bond motifs is 5. The summed E-state index contributed by atoms with van der Waals surface area (Å²) in [6.45, 7) is 7.50. The SMILES string of the molecule is CC1(C)CCCC2c3cc(-c4c5ccccc5cc5ccccc45)ccc3N(c3ccccc3)C21C. The summed E-state index contributed by atoms with van der Waals surface area (Å²) < 4.78 is 0. The molecule has 0 amide bonds. The Labute approximate surface area is 214 Å². The lowest BCUT2D eigenvalue weighted by Crippen LogP contribution is -2.56. The van der Waals surface area contributed by atoms with Crippen molar-refractivity contribution < 1.29 is 0 Å². The molecule has 1 saturated carbocycles. The highest BCUT2D eigenvalue weighted by molar-refractivity contribution is 6.12. The molecule has 178 valence electrons. The van der Waals surface area contributed by atoms with Crippen molar-refractivity contribution in [2.75, 3.05) is 4.90 Å². The zero-order valence-corrected chi connectivity index (χ0v) is 21.5. The van der Waals surface area contributed by atoms with Gasteiger partial charge in [-0.2, -0.15) is 0 Å². The Morgan fingerprint density at radius 1 is 0.694 bits per heavy atom. The first-order valence-corrected chi connectivity index (χ1v) is 13.4. The number of nitrogens with zero attached hydrogens (tertiary/aromatic N) is 1. The molecule has 0 N–H and O–H groups in total. The Morgan fingerprint density at radius 2 is 1.33 bits per heavy atom. The molecule has 1 nitrogen and oxygen atoms in total. The molecular weight excluding hydrogens is 434 g/mol. The Morgan fingerprint density at radius 3 is 2.03 bits per heavy atom. The minimum absolute atomic E-state index is 0.0361. The second-order valence-electron chi connectivity index (χ2n) is 11.6. The topological polar surface area (TPSA) is 3.24 Å². The van der Waals surface area contributed by atoms with Crippen molar-refractivity contribution in [3.63, 3.8) is 0 Å². The Balaban J connectivity index is 1.51. The Kier molecular flexibility index (Phi) is 4.64. The maximum atomic E-state index is 2.68. The molecule has 1 aliphatic heterocycles.